The van der Waals surface area contributed by atoms with Crippen molar-refractivity contribution in [3.63, 3.8) is 0 Å². The molecule has 1 unspecified atom stereocenters. The van der Waals surface area contributed by atoms with Crippen LogP contribution in [-0.4, -0.2) is 32.9 Å². The number of benzene rings is 2. The van der Waals surface area contributed by atoms with Crippen LogP contribution in [0.2, 0.25) is 0 Å². The average Bonchev–Trinajstić information content (AvgIpc) is 3.37. The highest BCUT2D eigenvalue weighted by atomic mass is 19.4. The van der Waals surface area contributed by atoms with Gasteiger partial charge < -0.3 is 16.1 Å². The molecule has 5 N–H and O–H groups in total. The number of carbonyl (C=O) groups is 1. The van der Waals surface area contributed by atoms with E-state index in [2.05, 4.69) is 30.6 Å². The second kappa shape index (κ2) is 14.5. The molecule has 0 spiro atoms. The third-order valence-corrected chi connectivity index (χ3v) is 6.42. The second-order valence-corrected chi connectivity index (χ2v) is 9.99. The summed E-state index contributed by atoms with van der Waals surface area (Å²) in [5.74, 6) is 2.48. The molecule has 15 heteroatoms. The lowest BCUT2D eigenvalue weighted by Crippen LogP contribution is -2.32. The number of aromatic amines is 1. The molecule has 238 valence electrons. The van der Waals surface area contributed by atoms with Crippen molar-refractivity contribution >= 4 is 22.6 Å². The van der Waals surface area contributed by atoms with E-state index in [0.29, 0.717) is 38.9 Å². The summed E-state index contributed by atoms with van der Waals surface area (Å²) in [6.07, 6.45) is 0.592. The van der Waals surface area contributed by atoms with E-state index < -0.39 is 35.6 Å². The molecule has 9 nitrogen and oxygen atoms in total. The van der Waals surface area contributed by atoms with Gasteiger partial charge in [-0.25, -0.2) is 13.2 Å². The molecule has 0 radical (unpaired) electrons. The SMILES string of the molecule is CC(F)(F)F.N=C(N=NN)c1cc(-c2cccnc2C(Cc2cc(F)cc(F)c2)NC(=O)Cc2c[nH]c3ccc(F)cc23)ccn1. The zero-order valence-corrected chi connectivity index (χ0v) is 24.0. The minimum atomic E-state index is -4.00. The summed E-state index contributed by atoms with van der Waals surface area (Å²) in [4.78, 5) is 25.0. The molecule has 0 aliphatic heterocycles. The third-order valence-electron chi connectivity index (χ3n) is 6.42. The van der Waals surface area contributed by atoms with Gasteiger partial charge in [0.2, 0.25) is 5.91 Å². The number of H-pyrrole nitrogens is 1. The zero-order chi connectivity index (χ0) is 33.4. The number of alkyl halides is 3. The first-order valence-corrected chi connectivity index (χ1v) is 13.5. The van der Waals surface area contributed by atoms with Crippen LogP contribution in [0, 0.1) is 22.9 Å². The molecule has 5 rings (SSSR count). The first kappa shape index (κ1) is 33.3. The van der Waals surface area contributed by atoms with E-state index in [1.807, 2.05) is 0 Å². The van der Waals surface area contributed by atoms with Gasteiger partial charge in [0.25, 0.3) is 0 Å². The second-order valence-electron chi connectivity index (χ2n) is 9.99. The molecule has 0 fully saturated rings. The maximum atomic E-state index is 14.1. The summed E-state index contributed by atoms with van der Waals surface area (Å²) < 4.78 is 73.1. The molecule has 3 heterocycles. The number of carbonyl (C=O) groups excluding carboxylic acids is 1. The Morgan fingerprint density at radius 2 is 1.72 bits per heavy atom. The van der Waals surface area contributed by atoms with Crippen LogP contribution in [0.5, 0.6) is 0 Å². The number of nitrogens with one attached hydrogen (secondary N) is 3. The Morgan fingerprint density at radius 3 is 2.41 bits per heavy atom. The van der Waals surface area contributed by atoms with Gasteiger partial charge in [-0.1, -0.05) is 11.3 Å². The van der Waals surface area contributed by atoms with Gasteiger partial charge in [-0.2, -0.15) is 13.2 Å². The van der Waals surface area contributed by atoms with E-state index in [9.17, 15) is 31.1 Å². The highest BCUT2D eigenvalue weighted by molar-refractivity contribution is 5.96. The number of halogens is 6. The average molecular weight is 641 g/mol. The fourth-order valence-corrected chi connectivity index (χ4v) is 4.67. The lowest BCUT2D eigenvalue weighted by molar-refractivity contribution is -0.121. The molecular formula is C31H26F6N8O. The van der Waals surface area contributed by atoms with Crippen molar-refractivity contribution in [1.82, 2.24) is 20.3 Å². The minimum Gasteiger partial charge on any atom is -0.361 e. The molecule has 0 aliphatic carbocycles. The Kier molecular flexibility index (Phi) is 10.5. The van der Waals surface area contributed by atoms with Gasteiger partial charge >= 0.3 is 6.18 Å². The summed E-state index contributed by atoms with van der Waals surface area (Å²) in [6, 6.07) is 13.3. The predicted octanol–water partition coefficient (Wildman–Crippen LogP) is 6.90. The molecular weight excluding hydrogens is 614 g/mol. The van der Waals surface area contributed by atoms with Gasteiger partial charge in [0.1, 0.15) is 23.1 Å². The third kappa shape index (κ3) is 9.20. The number of amides is 1. The predicted molar refractivity (Wildman–Crippen MR) is 158 cm³/mol. The van der Waals surface area contributed by atoms with Crippen molar-refractivity contribution in [1.29, 1.82) is 5.41 Å². The van der Waals surface area contributed by atoms with Crippen LogP contribution in [0.4, 0.5) is 26.3 Å². The van der Waals surface area contributed by atoms with Gasteiger partial charge in [0, 0.05) is 48.0 Å². The molecule has 1 amide bonds. The summed E-state index contributed by atoms with van der Waals surface area (Å²) >= 11 is 0. The maximum absolute atomic E-state index is 14.1. The Bertz CT molecular complexity index is 1860. The summed E-state index contributed by atoms with van der Waals surface area (Å²) in [7, 11) is 0. The number of nitrogens with two attached hydrogens (primary N) is 1. The summed E-state index contributed by atoms with van der Waals surface area (Å²) in [6.45, 7) is 0.188. The smallest absolute Gasteiger partial charge is 0.361 e. The number of hydrogen-bond acceptors (Lipinski definition) is 5. The van der Waals surface area contributed by atoms with E-state index in [1.54, 1.807) is 42.7 Å². The molecule has 0 aliphatic rings. The van der Waals surface area contributed by atoms with Crippen LogP contribution in [0.15, 0.2) is 89.6 Å². The number of aromatic nitrogens is 3. The van der Waals surface area contributed by atoms with Gasteiger partial charge in [-0.15, -0.1) is 5.11 Å². The van der Waals surface area contributed by atoms with Crippen molar-refractivity contribution in [3.05, 3.63) is 119 Å². The zero-order valence-electron chi connectivity index (χ0n) is 24.0. The maximum Gasteiger partial charge on any atom is 0.386 e. The minimum absolute atomic E-state index is 0.0160. The van der Waals surface area contributed by atoms with Gasteiger partial charge in [-0.3, -0.25) is 20.2 Å². The quantitative estimate of drug-likeness (QED) is 0.0365. The number of fused-ring (bicyclic) bond motifs is 1. The van der Waals surface area contributed by atoms with Crippen molar-refractivity contribution in [2.75, 3.05) is 0 Å². The van der Waals surface area contributed by atoms with Crippen LogP contribution in [0.25, 0.3) is 22.0 Å². The van der Waals surface area contributed by atoms with E-state index in [1.165, 1.54) is 30.5 Å². The standard InChI is InChI=1S/C29H23F3N8O.C2H3F3/c30-19-3-4-24-23(14-19)18(15-37-24)12-27(41)38-25(10-16-8-20(31)13-21(32)9-16)28-22(2-1-6-36-28)17-5-7-35-26(11-17)29(33)39-40-34;1-2(3,4)5/h1-9,11,13-15,25,37H,10,12H2,(H,38,41)(H3,33,34,39);1H3. The number of hydrogen-bond donors (Lipinski definition) is 4. The topological polar surface area (TPSA) is 145 Å². The van der Waals surface area contributed by atoms with E-state index in [4.69, 9.17) is 11.3 Å². The largest absolute Gasteiger partial charge is 0.386 e. The number of amidine groups is 1. The first-order valence-electron chi connectivity index (χ1n) is 13.5. The number of pyridine rings is 2. The van der Waals surface area contributed by atoms with Crippen LogP contribution < -0.4 is 11.2 Å². The van der Waals surface area contributed by atoms with Crippen LogP contribution in [-0.2, 0) is 17.6 Å². The molecule has 2 aromatic carbocycles. The first-order chi connectivity index (χ1) is 21.8. The van der Waals surface area contributed by atoms with E-state index in [-0.39, 0.29) is 31.3 Å². The Labute approximate surface area is 258 Å². The Morgan fingerprint density at radius 1 is 1.00 bits per heavy atom. The van der Waals surface area contributed by atoms with Crippen molar-refractivity contribution in [2.24, 2.45) is 16.2 Å². The van der Waals surface area contributed by atoms with E-state index >= 15 is 0 Å². The van der Waals surface area contributed by atoms with Gasteiger partial charge in [0.15, 0.2) is 5.84 Å². The van der Waals surface area contributed by atoms with Crippen molar-refractivity contribution in [2.45, 2.75) is 32.0 Å². The van der Waals surface area contributed by atoms with Crippen molar-refractivity contribution < 1.29 is 31.1 Å². The van der Waals surface area contributed by atoms with Gasteiger partial charge in [0.05, 0.1) is 18.2 Å². The molecule has 0 saturated heterocycles. The van der Waals surface area contributed by atoms with Crippen LogP contribution >= 0.6 is 0 Å². The number of rotatable bonds is 8. The highest BCUT2D eigenvalue weighted by Crippen LogP contribution is 2.30. The van der Waals surface area contributed by atoms with Crippen LogP contribution in [0.1, 0.15) is 35.5 Å². The molecule has 5 aromatic rings. The summed E-state index contributed by atoms with van der Waals surface area (Å²) in [5, 5.41) is 18.2. The monoisotopic (exact) mass is 640 g/mol. The Hall–Kier alpha value is -5.60. The molecule has 3 aromatic heterocycles. The lowest BCUT2D eigenvalue weighted by atomic mass is 9.95. The molecule has 46 heavy (non-hydrogen) atoms. The van der Waals surface area contributed by atoms with Crippen LogP contribution in [0.3, 0.4) is 0 Å². The number of nitrogens with zero attached hydrogens (tertiary/aromatic N) is 4. The normalized spacial score (nSPS) is 12.1. The molecule has 0 bridgehead atoms. The van der Waals surface area contributed by atoms with Gasteiger partial charge in [-0.05, 0) is 71.6 Å². The Balaban J connectivity index is 0.000000892. The fraction of sp³-hybridized carbons (Fsp3) is 0.161. The summed E-state index contributed by atoms with van der Waals surface area (Å²) in [5.41, 5.74) is 3.38. The lowest BCUT2D eigenvalue weighted by Gasteiger charge is -2.22. The fourth-order valence-electron chi connectivity index (χ4n) is 4.67. The van der Waals surface area contributed by atoms with Crippen molar-refractivity contribution in [3.8, 4) is 11.1 Å². The van der Waals surface area contributed by atoms with E-state index in [0.717, 1.165) is 6.07 Å². The molecule has 1 atom stereocenters. The highest BCUT2D eigenvalue weighted by Gasteiger charge is 2.23. The molecule has 0 saturated carbocycles.